The highest BCUT2D eigenvalue weighted by atomic mass is 32.2. The molecule has 0 radical (unpaired) electrons. The summed E-state index contributed by atoms with van der Waals surface area (Å²) in [6.45, 7) is 4.06. The first-order valence-corrected chi connectivity index (χ1v) is 13.7. The van der Waals surface area contributed by atoms with Gasteiger partial charge in [-0.05, 0) is 57.2 Å². The molecule has 188 valence electrons. The summed E-state index contributed by atoms with van der Waals surface area (Å²) < 4.78 is 42.2. The molecule has 1 amide bonds. The Morgan fingerprint density at radius 1 is 1.31 bits per heavy atom. The second-order valence-electron chi connectivity index (χ2n) is 9.17. The minimum Gasteiger partial charge on any atom is -0.489 e. The number of ether oxygens (including phenoxy) is 1. The van der Waals surface area contributed by atoms with E-state index in [-0.39, 0.29) is 23.7 Å². The molecule has 0 saturated heterocycles. The molecule has 9 nitrogen and oxygen atoms in total. The van der Waals surface area contributed by atoms with Crippen LogP contribution in [-0.2, 0) is 27.5 Å². The van der Waals surface area contributed by atoms with Crippen LogP contribution >= 0.6 is 0 Å². The first-order chi connectivity index (χ1) is 16.6. The average Bonchev–Trinajstić information content (AvgIpc) is 3.16. The topological polar surface area (TPSA) is 126 Å². The normalized spacial score (nSPS) is 15.7. The standard InChI is InChI=1S/C24H30FN5O4S/c1-14(2)34-20-12-16(25)6-8-19(20)30-23-21-17-11-15(24(31)26-9-4-10-35(3,32)33)5-7-18(17)29-22(21)27-13-28-23/h6,8,12-15H,4-5,7,9-11H2,1-3H3,(H,26,31)(H2,27,28,29,30)/t15-/m0/s1. The van der Waals surface area contributed by atoms with E-state index in [0.717, 1.165) is 16.6 Å². The van der Waals surface area contributed by atoms with Crippen molar-refractivity contribution < 1.29 is 22.3 Å². The smallest absolute Gasteiger partial charge is 0.223 e. The molecule has 0 fully saturated rings. The summed E-state index contributed by atoms with van der Waals surface area (Å²) in [7, 11) is -3.05. The van der Waals surface area contributed by atoms with E-state index in [0.29, 0.717) is 55.1 Å². The zero-order valence-corrected chi connectivity index (χ0v) is 20.8. The Balaban J connectivity index is 1.56. The number of rotatable bonds is 9. The first-order valence-electron chi connectivity index (χ1n) is 11.6. The second-order valence-corrected chi connectivity index (χ2v) is 11.4. The zero-order chi connectivity index (χ0) is 25.2. The average molecular weight is 504 g/mol. The lowest BCUT2D eigenvalue weighted by Gasteiger charge is -2.22. The van der Waals surface area contributed by atoms with E-state index in [1.54, 1.807) is 6.07 Å². The molecule has 1 aromatic carbocycles. The number of carbonyl (C=O) groups excluding carboxylic acids is 1. The van der Waals surface area contributed by atoms with Gasteiger partial charge in [0, 0.05) is 30.5 Å². The van der Waals surface area contributed by atoms with E-state index < -0.39 is 15.7 Å². The highest BCUT2D eigenvalue weighted by molar-refractivity contribution is 7.90. The number of nitrogens with zero attached hydrogens (tertiary/aromatic N) is 2. The van der Waals surface area contributed by atoms with Crippen molar-refractivity contribution in [1.29, 1.82) is 0 Å². The van der Waals surface area contributed by atoms with Crippen LogP contribution in [0.15, 0.2) is 24.5 Å². The monoisotopic (exact) mass is 503 g/mol. The van der Waals surface area contributed by atoms with E-state index in [4.69, 9.17) is 4.74 Å². The Labute approximate surface area is 203 Å². The Morgan fingerprint density at radius 2 is 2.11 bits per heavy atom. The fraction of sp³-hybridized carbons (Fsp3) is 0.458. The molecule has 2 heterocycles. The van der Waals surface area contributed by atoms with Crippen LogP contribution in [-0.4, -0.2) is 53.9 Å². The molecule has 0 aliphatic heterocycles. The van der Waals surface area contributed by atoms with Crippen LogP contribution in [0.25, 0.3) is 11.0 Å². The molecule has 11 heteroatoms. The molecule has 0 saturated carbocycles. The summed E-state index contributed by atoms with van der Waals surface area (Å²) >= 11 is 0. The number of carbonyl (C=O) groups is 1. The number of hydrogen-bond donors (Lipinski definition) is 3. The number of halogens is 1. The molecule has 1 aliphatic carbocycles. The molecule has 0 unspecified atom stereocenters. The van der Waals surface area contributed by atoms with Crippen LogP contribution < -0.4 is 15.4 Å². The van der Waals surface area contributed by atoms with Crippen molar-refractivity contribution >= 4 is 38.3 Å². The van der Waals surface area contributed by atoms with Crippen LogP contribution in [0, 0.1) is 11.7 Å². The molecule has 1 atom stereocenters. The van der Waals surface area contributed by atoms with Gasteiger partial charge in [-0.2, -0.15) is 0 Å². The van der Waals surface area contributed by atoms with Crippen LogP contribution in [0.3, 0.4) is 0 Å². The lowest BCUT2D eigenvalue weighted by atomic mass is 9.86. The molecule has 1 aliphatic rings. The molecular weight excluding hydrogens is 473 g/mol. The summed E-state index contributed by atoms with van der Waals surface area (Å²) in [5.41, 5.74) is 3.22. The second kappa shape index (κ2) is 10.2. The number of nitrogens with one attached hydrogen (secondary N) is 3. The highest BCUT2D eigenvalue weighted by Crippen LogP contribution is 2.37. The number of aromatic nitrogens is 3. The van der Waals surface area contributed by atoms with Crippen molar-refractivity contribution in [2.75, 3.05) is 23.9 Å². The van der Waals surface area contributed by atoms with Gasteiger partial charge in [-0.3, -0.25) is 4.79 Å². The molecule has 0 spiro atoms. The third-order valence-corrected chi connectivity index (χ3v) is 6.93. The predicted molar refractivity (Wildman–Crippen MR) is 132 cm³/mol. The molecule has 3 N–H and O–H groups in total. The molecule has 4 rings (SSSR count). The Hall–Kier alpha value is -3.21. The van der Waals surface area contributed by atoms with Crippen LogP contribution in [0.2, 0.25) is 0 Å². The molecular formula is C24H30FN5O4S. The fourth-order valence-electron chi connectivity index (χ4n) is 4.33. The number of benzene rings is 1. The molecule has 3 aromatic rings. The summed E-state index contributed by atoms with van der Waals surface area (Å²) in [5, 5.41) is 6.92. The largest absolute Gasteiger partial charge is 0.489 e. The maximum Gasteiger partial charge on any atom is 0.223 e. The predicted octanol–water partition coefficient (Wildman–Crippen LogP) is 3.28. The lowest BCUT2D eigenvalue weighted by molar-refractivity contribution is -0.125. The van der Waals surface area contributed by atoms with Gasteiger partial charge in [0.2, 0.25) is 5.91 Å². The number of hydrogen-bond acceptors (Lipinski definition) is 7. The summed E-state index contributed by atoms with van der Waals surface area (Å²) in [6, 6.07) is 4.29. The van der Waals surface area contributed by atoms with Crippen molar-refractivity contribution in [3.63, 3.8) is 0 Å². The van der Waals surface area contributed by atoms with Gasteiger partial charge in [0.25, 0.3) is 0 Å². The van der Waals surface area contributed by atoms with Gasteiger partial charge < -0.3 is 20.4 Å². The van der Waals surface area contributed by atoms with Crippen LogP contribution in [0.1, 0.15) is 37.9 Å². The van der Waals surface area contributed by atoms with Crippen molar-refractivity contribution in [1.82, 2.24) is 20.3 Å². The van der Waals surface area contributed by atoms with Crippen LogP contribution in [0.5, 0.6) is 5.75 Å². The maximum absolute atomic E-state index is 13.8. The summed E-state index contributed by atoms with van der Waals surface area (Å²) in [4.78, 5) is 24.9. The summed E-state index contributed by atoms with van der Waals surface area (Å²) in [5.74, 6) is 0.241. The molecule has 0 bridgehead atoms. The minimum atomic E-state index is -3.05. The van der Waals surface area contributed by atoms with E-state index in [2.05, 4.69) is 25.6 Å². The van der Waals surface area contributed by atoms with Crippen molar-refractivity contribution in [3.05, 3.63) is 41.6 Å². The first kappa shape index (κ1) is 24.9. The summed E-state index contributed by atoms with van der Waals surface area (Å²) in [6.07, 6.45) is 4.75. The molecule has 35 heavy (non-hydrogen) atoms. The number of anilines is 2. The quantitative estimate of drug-likeness (QED) is 0.383. The van der Waals surface area contributed by atoms with E-state index in [9.17, 15) is 17.6 Å². The van der Waals surface area contributed by atoms with Gasteiger partial charge in [0.15, 0.2) is 0 Å². The lowest BCUT2D eigenvalue weighted by Crippen LogP contribution is -2.35. The number of sulfone groups is 1. The zero-order valence-electron chi connectivity index (χ0n) is 20.0. The number of fused-ring (bicyclic) bond motifs is 3. The van der Waals surface area contributed by atoms with Gasteiger partial charge >= 0.3 is 0 Å². The van der Waals surface area contributed by atoms with Gasteiger partial charge in [0.1, 0.15) is 39.2 Å². The van der Waals surface area contributed by atoms with E-state index in [1.807, 2.05) is 13.8 Å². The fourth-order valence-corrected chi connectivity index (χ4v) is 5.00. The SMILES string of the molecule is CC(C)Oc1cc(F)ccc1Nc1ncnc2[nH]c3c(c12)C[C@@H](C(=O)NCCCS(C)(=O)=O)CC3. The third kappa shape index (κ3) is 6.08. The van der Waals surface area contributed by atoms with E-state index in [1.165, 1.54) is 24.7 Å². The van der Waals surface area contributed by atoms with Crippen molar-refractivity contribution in [2.45, 2.75) is 45.6 Å². The Morgan fingerprint density at radius 3 is 2.86 bits per heavy atom. The Bertz CT molecular complexity index is 1340. The van der Waals surface area contributed by atoms with Gasteiger partial charge in [-0.1, -0.05) is 0 Å². The minimum absolute atomic E-state index is 0.0445. The molecule has 2 aromatic heterocycles. The Kier molecular flexibility index (Phi) is 7.25. The third-order valence-electron chi connectivity index (χ3n) is 5.90. The van der Waals surface area contributed by atoms with E-state index >= 15 is 0 Å². The number of amides is 1. The number of aromatic amines is 1. The highest BCUT2D eigenvalue weighted by Gasteiger charge is 2.29. The maximum atomic E-state index is 13.8. The van der Waals surface area contributed by atoms with Gasteiger partial charge in [0.05, 0.1) is 22.9 Å². The van der Waals surface area contributed by atoms with Crippen LogP contribution in [0.4, 0.5) is 15.9 Å². The van der Waals surface area contributed by atoms with Crippen molar-refractivity contribution in [3.8, 4) is 5.75 Å². The number of H-pyrrole nitrogens is 1. The van der Waals surface area contributed by atoms with Crippen molar-refractivity contribution in [2.24, 2.45) is 5.92 Å². The van der Waals surface area contributed by atoms with Gasteiger partial charge in [-0.15, -0.1) is 0 Å². The number of aryl methyl sites for hydroxylation is 1. The van der Waals surface area contributed by atoms with Gasteiger partial charge in [-0.25, -0.2) is 22.8 Å².